The molecule has 0 fully saturated rings. The highest BCUT2D eigenvalue weighted by molar-refractivity contribution is 9.10. The standard InChI is InChI=1S/C22H18BrN3S/c23-18-13-11-17(12-14-18)21-15-20(16-7-3-1-4-8-16)25-26(21)22(27)24-19-9-5-2-6-10-19/h1-14,21H,15H2,(H,24,27). The van der Waals surface area contributed by atoms with Crippen LogP contribution in [0.25, 0.3) is 0 Å². The smallest absolute Gasteiger partial charge is 0.194 e. The van der Waals surface area contributed by atoms with Gasteiger partial charge in [-0.2, -0.15) is 5.10 Å². The maximum Gasteiger partial charge on any atom is 0.194 e. The van der Waals surface area contributed by atoms with E-state index in [-0.39, 0.29) is 6.04 Å². The molecule has 3 aromatic carbocycles. The van der Waals surface area contributed by atoms with Gasteiger partial charge in [0.25, 0.3) is 0 Å². The van der Waals surface area contributed by atoms with Crippen LogP contribution in [0, 0.1) is 0 Å². The van der Waals surface area contributed by atoms with Crippen LogP contribution in [0.3, 0.4) is 0 Å². The van der Waals surface area contributed by atoms with Crippen LogP contribution in [0.4, 0.5) is 5.69 Å². The monoisotopic (exact) mass is 435 g/mol. The van der Waals surface area contributed by atoms with Gasteiger partial charge in [0.2, 0.25) is 0 Å². The van der Waals surface area contributed by atoms with Gasteiger partial charge < -0.3 is 5.32 Å². The predicted octanol–water partition coefficient (Wildman–Crippen LogP) is 6.00. The molecule has 4 rings (SSSR count). The van der Waals surface area contributed by atoms with Gasteiger partial charge in [-0.15, -0.1) is 0 Å². The Morgan fingerprint density at radius 1 is 0.926 bits per heavy atom. The number of nitrogens with zero attached hydrogens (tertiary/aromatic N) is 2. The van der Waals surface area contributed by atoms with Gasteiger partial charge in [0.1, 0.15) is 0 Å². The molecule has 1 unspecified atom stereocenters. The van der Waals surface area contributed by atoms with Gasteiger partial charge in [0.15, 0.2) is 5.11 Å². The maximum atomic E-state index is 5.70. The van der Waals surface area contributed by atoms with Crippen molar-refractivity contribution in [1.29, 1.82) is 0 Å². The Bertz CT molecular complexity index is 956. The van der Waals surface area contributed by atoms with E-state index in [1.165, 1.54) is 5.56 Å². The third-order valence-corrected chi connectivity index (χ3v) is 5.32. The topological polar surface area (TPSA) is 27.6 Å². The van der Waals surface area contributed by atoms with Crippen molar-refractivity contribution in [1.82, 2.24) is 5.01 Å². The lowest BCUT2D eigenvalue weighted by atomic mass is 9.99. The lowest BCUT2D eigenvalue weighted by Gasteiger charge is -2.25. The highest BCUT2D eigenvalue weighted by atomic mass is 79.9. The molecule has 0 saturated carbocycles. The van der Waals surface area contributed by atoms with Crippen LogP contribution in [0.1, 0.15) is 23.6 Å². The van der Waals surface area contributed by atoms with Crippen LogP contribution >= 0.6 is 28.1 Å². The first-order valence-corrected chi connectivity index (χ1v) is 9.94. The van der Waals surface area contributed by atoms with Crippen molar-refractivity contribution in [3.63, 3.8) is 0 Å². The predicted molar refractivity (Wildman–Crippen MR) is 119 cm³/mol. The number of benzene rings is 3. The summed E-state index contributed by atoms with van der Waals surface area (Å²) in [5.74, 6) is 0. The number of hydrazone groups is 1. The molecule has 3 nitrogen and oxygen atoms in total. The number of hydrogen-bond acceptors (Lipinski definition) is 2. The highest BCUT2D eigenvalue weighted by Gasteiger charge is 2.31. The van der Waals surface area contributed by atoms with E-state index < -0.39 is 0 Å². The molecule has 5 heteroatoms. The van der Waals surface area contributed by atoms with Crippen LogP contribution in [-0.4, -0.2) is 15.8 Å². The van der Waals surface area contributed by atoms with E-state index in [9.17, 15) is 0 Å². The number of rotatable bonds is 3. The quantitative estimate of drug-likeness (QED) is 0.511. The molecular weight excluding hydrogens is 418 g/mol. The minimum Gasteiger partial charge on any atom is -0.331 e. The molecule has 0 amide bonds. The second-order valence-corrected chi connectivity index (χ2v) is 7.63. The van der Waals surface area contributed by atoms with Crippen molar-refractivity contribution in [2.75, 3.05) is 5.32 Å². The van der Waals surface area contributed by atoms with E-state index in [4.69, 9.17) is 17.3 Å². The molecule has 0 aromatic heterocycles. The SMILES string of the molecule is S=C(Nc1ccccc1)N1N=C(c2ccccc2)CC1c1ccc(Br)cc1. The van der Waals surface area contributed by atoms with E-state index in [2.05, 4.69) is 57.6 Å². The Kier molecular flexibility index (Phi) is 5.32. The summed E-state index contributed by atoms with van der Waals surface area (Å²) in [6.45, 7) is 0. The Morgan fingerprint density at radius 3 is 2.22 bits per heavy atom. The van der Waals surface area contributed by atoms with Crippen LogP contribution < -0.4 is 5.32 Å². The molecule has 3 aromatic rings. The average Bonchev–Trinajstić information content (AvgIpc) is 3.16. The first kappa shape index (κ1) is 17.9. The fourth-order valence-corrected chi connectivity index (χ4v) is 3.70. The lowest BCUT2D eigenvalue weighted by Crippen LogP contribution is -2.31. The molecule has 0 bridgehead atoms. The summed E-state index contributed by atoms with van der Waals surface area (Å²) in [5.41, 5.74) is 4.32. The van der Waals surface area contributed by atoms with E-state index in [0.29, 0.717) is 5.11 Å². The minimum atomic E-state index is 0.0667. The van der Waals surface area contributed by atoms with Crippen LogP contribution in [-0.2, 0) is 0 Å². The Balaban J connectivity index is 1.65. The summed E-state index contributed by atoms with van der Waals surface area (Å²) < 4.78 is 1.06. The molecule has 1 heterocycles. The molecule has 1 aliphatic rings. The maximum absolute atomic E-state index is 5.70. The Hall–Kier alpha value is -2.50. The zero-order valence-corrected chi connectivity index (χ0v) is 17.0. The van der Waals surface area contributed by atoms with E-state index in [1.807, 2.05) is 53.5 Å². The minimum absolute atomic E-state index is 0.0667. The van der Waals surface area contributed by atoms with Crippen LogP contribution in [0.15, 0.2) is 94.5 Å². The number of halogens is 1. The molecule has 1 atom stereocenters. The first-order valence-electron chi connectivity index (χ1n) is 8.74. The lowest BCUT2D eigenvalue weighted by molar-refractivity contribution is 0.375. The van der Waals surface area contributed by atoms with Gasteiger partial charge in [0.05, 0.1) is 11.8 Å². The third-order valence-electron chi connectivity index (χ3n) is 4.51. The molecule has 1 N–H and O–H groups in total. The normalized spacial score (nSPS) is 16.1. The zero-order chi connectivity index (χ0) is 18.6. The fourth-order valence-electron chi connectivity index (χ4n) is 3.15. The number of anilines is 1. The second kappa shape index (κ2) is 8.03. The summed E-state index contributed by atoms with van der Waals surface area (Å²) in [7, 11) is 0. The van der Waals surface area contributed by atoms with Gasteiger partial charge in [-0.05, 0) is 47.6 Å². The summed E-state index contributed by atoms with van der Waals surface area (Å²) in [5, 5.41) is 10.7. The summed E-state index contributed by atoms with van der Waals surface area (Å²) >= 11 is 9.21. The fraction of sp³-hybridized carbons (Fsp3) is 0.0909. The van der Waals surface area contributed by atoms with E-state index in [0.717, 1.165) is 27.9 Å². The summed E-state index contributed by atoms with van der Waals surface area (Å²) in [6, 6.07) is 28.7. The summed E-state index contributed by atoms with van der Waals surface area (Å²) in [4.78, 5) is 0. The van der Waals surface area contributed by atoms with Crippen molar-refractivity contribution in [3.8, 4) is 0 Å². The molecule has 0 radical (unpaired) electrons. The number of para-hydroxylation sites is 1. The molecule has 0 aliphatic carbocycles. The molecule has 1 aliphatic heterocycles. The zero-order valence-electron chi connectivity index (χ0n) is 14.5. The van der Waals surface area contributed by atoms with E-state index in [1.54, 1.807) is 0 Å². The average molecular weight is 436 g/mol. The van der Waals surface area contributed by atoms with Gasteiger partial charge in [-0.1, -0.05) is 76.6 Å². The van der Waals surface area contributed by atoms with Gasteiger partial charge in [-0.3, -0.25) is 0 Å². The van der Waals surface area contributed by atoms with Crippen molar-refractivity contribution >= 4 is 44.7 Å². The molecular formula is C22H18BrN3S. The van der Waals surface area contributed by atoms with Gasteiger partial charge in [0, 0.05) is 16.6 Å². The van der Waals surface area contributed by atoms with Crippen LogP contribution in [0.5, 0.6) is 0 Å². The summed E-state index contributed by atoms with van der Waals surface area (Å²) in [6.07, 6.45) is 0.808. The van der Waals surface area contributed by atoms with Crippen molar-refractivity contribution in [2.24, 2.45) is 5.10 Å². The third kappa shape index (κ3) is 4.10. The van der Waals surface area contributed by atoms with Gasteiger partial charge in [-0.25, -0.2) is 5.01 Å². The van der Waals surface area contributed by atoms with E-state index >= 15 is 0 Å². The largest absolute Gasteiger partial charge is 0.331 e. The van der Waals surface area contributed by atoms with Gasteiger partial charge >= 0.3 is 0 Å². The molecule has 134 valence electrons. The molecule has 0 spiro atoms. The first-order chi connectivity index (χ1) is 13.2. The Labute approximate surface area is 172 Å². The molecule has 0 saturated heterocycles. The van der Waals surface area contributed by atoms with Crippen molar-refractivity contribution in [3.05, 3.63) is 101 Å². The molecule has 27 heavy (non-hydrogen) atoms. The number of hydrogen-bond donors (Lipinski definition) is 1. The highest BCUT2D eigenvalue weighted by Crippen LogP contribution is 2.33. The number of nitrogens with one attached hydrogen (secondary N) is 1. The Morgan fingerprint density at radius 2 is 1.56 bits per heavy atom. The number of thiocarbonyl (C=S) groups is 1. The second-order valence-electron chi connectivity index (χ2n) is 6.32. The van der Waals surface area contributed by atoms with Crippen molar-refractivity contribution in [2.45, 2.75) is 12.5 Å². The van der Waals surface area contributed by atoms with Crippen LogP contribution in [0.2, 0.25) is 0 Å². The van der Waals surface area contributed by atoms with Crippen molar-refractivity contribution < 1.29 is 0 Å².